The predicted octanol–water partition coefficient (Wildman–Crippen LogP) is 4.68. The van der Waals surface area contributed by atoms with E-state index in [0.29, 0.717) is 60.6 Å². The van der Waals surface area contributed by atoms with Crippen molar-refractivity contribution in [2.45, 2.75) is 19.8 Å². The minimum absolute atomic E-state index is 0.152. The molecule has 5 heterocycles. The van der Waals surface area contributed by atoms with Crippen molar-refractivity contribution in [3.63, 3.8) is 0 Å². The van der Waals surface area contributed by atoms with Crippen LogP contribution in [-0.2, 0) is 10.7 Å². The van der Waals surface area contributed by atoms with Crippen LogP contribution in [0.1, 0.15) is 25.1 Å². The van der Waals surface area contributed by atoms with Crippen LogP contribution in [0.4, 0.5) is 31.0 Å². The van der Waals surface area contributed by atoms with Gasteiger partial charge in [-0.3, -0.25) is 5.32 Å². The van der Waals surface area contributed by atoms with Gasteiger partial charge in [-0.2, -0.15) is 8.78 Å². The number of likely N-dealkylation sites (N-methyl/N-ethyl adjacent to an activating group) is 1. The molecule has 2 aliphatic rings. The third-order valence-corrected chi connectivity index (χ3v) is 7.61. The highest BCUT2D eigenvalue weighted by molar-refractivity contribution is 7.13. The first-order valence-corrected chi connectivity index (χ1v) is 14.2. The molecule has 2 aliphatic heterocycles. The number of thiazole rings is 1. The number of carbonyl (C=O) groups is 2. The lowest BCUT2D eigenvalue weighted by molar-refractivity contribution is -0.132. The van der Waals surface area contributed by atoms with E-state index in [2.05, 4.69) is 25.9 Å². The molecule has 3 aromatic heterocycles. The van der Waals surface area contributed by atoms with E-state index in [-0.39, 0.29) is 27.5 Å². The molecule has 0 spiro atoms. The molecule has 42 heavy (non-hydrogen) atoms. The molecule has 3 aromatic rings. The van der Waals surface area contributed by atoms with Gasteiger partial charge in [0.15, 0.2) is 0 Å². The van der Waals surface area contributed by atoms with Crippen molar-refractivity contribution >= 4 is 46.4 Å². The predicted molar refractivity (Wildman–Crippen MR) is 159 cm³/mol. The number of allylic oxidation sites excluding steroid dienone is 1. The number of amides is 2. The number of fused-ring (bicyclic) bond motifs is 6. The second-order valence-corrected chi connectivity index (χ2v) is 10.8. The number of carbonyl (C=O) groups excluding carboxylic acids is 1. The Morgan fingerprint density at radius 1 is 1.12 bits per heavy atom. The summed E-state index contributed by atoms with van der Waals surface area (Å²) in [5.41, 5.74) is 0.806. The molecule has 0 radical (unpaired) electrons. The number of rotatable bonds is 8. The van der Waals surface area contributed by atoms with Crippen molar-refractivity contribution in [1.29, 1.82) is 0 Å². The summed E-state index contributed by atoms with van der Waals surface area (Å²) in [6.07, 6.45) is 3.52. The Balaban J connectivity index is 1.81. The van der Waals surface area contributed by atoms with Crippen molar-refractivity contribution in [2.24, 2.45) is 0 Å². The first-order chi connectivity index (χ1) is 20.0. The van der Waals surface area contributed by atoms with Crippen molar-refractivity contribution in [2.75, 3.05) is 55.8 Å². The number of pyridine rings is 2. The number of halogens is 2. The fraction of sp³-hybridized carbons (Fsp3) is 0.321. The van der Waals surface area contributed by atoms with Crippen LogP contribution < -0.4 is 20.9 Å². The average Bonchev–Trinajstić information content (AvgIpc) is 3.43. The number of nitrogens with zero attached hydrogens (tertiary/aromatic N) is 5. The molecule has 0 aromatic carbocycles. The molecule has 2 amide bonds. The fourth-order valence-electron chi connectivity index (χ4n) is 4.70. The van der Waals surface area contributed by atoms with Crippen LogP contribution >= 0.6 is 11.3 Å². The molecule has 0 saturated heterocycles. The van der Waals surface area contributed by atoms with Gasteiger partial charge in [0.2, 0.25) is 0 Å². The van der Waals surface area contributed by atoms with E-state index >= 15 is 8.78 Å². The first kappa shape index (κ1) is 29.1. The summed E-state index contributed by atoms with van der Waals surface area (Å²) in [5.74, 6) is -3.91. The molecule has 4 N–H and O–H groups in total. The topological polar surface area (TPSA) is 136 Å². The molecule has 4 bridgehead atoms. The summed E-state index contributed by atoms with van der Waals surface area (Å²) in [4.78, 5) is 41.8. The van der Waals surface area contributed by atoms with Gasteiger partial charge in [0, 0.05) is 71.8 Å². The van der Waals surface area contributed by atoms with Gasteiger partial charge < -0.3 is 25.5 Å². The van der Waals surface area contributed by atoms with Crippen LogP contribution in [-0.4, -0.2) is 77.2 Å². The molecule has 5 rings (SSSR count). The largest absolute Gasteiger partial charge is 0.478 e. The highest BCUT2D eigenvalue weighted by atomic mass is 32.1. The molecule has 0 saturated carbocycles. The maximum Gasteiger partial charge on any atom is 0.337 e. The van der Waals surface area contributed by atoms with Crippen LogP contribution in [0.2, 0.25) is 0 Å². The Morgan fingerprint density at radius 2 is 1.90 bits per heavy atom. The number of aliphatic carboxylic acids is 1. The van der Waals surface area contributed by atoms with E-state index in [4.69, 9.17) is 4.98 Å². The van der Waals surface area contributed by atoms with Crippen LogP contribution in [0.25, 0.3) is 27.3 Å². The third kappa shape index (κ3) is 5.54. The van der Waals surface area contributed by atoms with Crippen molar-refractivity contribution in [3.8, 4) is 21.7 Å². The molecule has 0 fully saturated rings. The maximum atomic E-state index is 15.8. The highest BCUT2D eigenvalue weighted by Gasteiger charge is 2.38. The van der Waals surface area contributed by atoms with Crippen molar-refractivity contribution in [1.82, 2.24) is 25.2 Å². The van der Waals surface area contributed by atoms with E-state index in [1.54, 1.807) is 24.0 Å². The Kier molecular flexibility index (Phi) is 7.93. The summed E-state index contributed by atoms with van der Waals surface area (Å²) in [5, 5.41) is 20.2. The van der Waals surface area contributed by atoms with Gasteiger partial charge in [0.25, 0.3) is 0 Å². The third-order valence-electron chi connectivity index (χ3n) is 6.74. The van der Waals surface area contributed by atoms with E-state index < -0.39 is 23.6 Å². The second-order valence-electron chi connectivity index (χ2n) is 9.94. The summed E-state index contributed by atoms with van der Waals surface area (Å²) in [6, 6.07) is 2.80. The fourth-order valence-corrected chi connectivity index (χ4v) is 5.58. The molecular weight excluding hydrogens is 566 g/mol. The van der Waals surface area contributed by atoms with Crippen molar-refractivity contribution < 1.29 is 23.5 Å². The standard InChI is InChI=1S/C28H30F2N8O3S/c1-5-31-27(41)35-22-10-17-19(12-33-22)15-9-16-18(11-28(29,30)21-14-42-25(17)34-21)20(26(39)40)13-38(6-2)24(16)36-23(15)32-7-8-37(3)4/h9-14H,5-8H2,1-4H3,(H,32,36)(H,39,40)(H2,31,33,35,41). The van der Waals surface area contributed by atoms with Gasteiger partial charge in [-0.1, -0.05) is 0 Å². The number of urea groups is 1. The molecule has 0 aliphatic carbocycles. The van der Waals surface area contributed by atoms with Gasteiger partial charge in [-0.25, -0.2) is 24.5 Å². The lowest BCUT2D eigenvalue weighted by Gasteiger charge is -2.30. The monoisotopic (exact) mass is 596 g/mol. The number of hydrogen-bond donors (Lipinski definition) is 4. The number of carboxylic acid groups (broad SMARTS) is 1. The van der Waals surface area contributed by atoms with Crippen LogP contribution in [0, 0.1) is 0 Å². The van der Waals surface area contributed by atoms with E-state index in [0.717, 1.165) is 11.3 Å². The van der Waals surface area contributed by atoms with Crippen LogP contribution in [0.5, 0.6) is 0 Å². The normalized spacial score (nSPS) is 14.8. The van der Waals surface area contributed by atoms with Gasteiger partial charge in [-0.15, -0.1) is 11.3 Å². The van der Waals surface area contributed by atoms with Crippen LogP contribution in [0.15, 0.2) is 41.6 Å². The quantitative estimate of drug-likeness (QED) is 0.292. The second kappa shape index (κ2) is 11.4. The SMILES string of the molecule is CCNC(=O)Nc1cc2c(cn1)-c1cc3c(nc1NCCN(C)C)N(CC)C=C(C(=O)O)C3=CC(F)(F)c1csc-2n1. The molecule has 11 nitrogen and oxygen atoms in total. The Labute approximate surface area is 245 Å². The molecule has 0 unspecified atom stereocenters. The smallest absolute Gasteiger partial charge is 0.337 e. The van der Waals surface area contributed by atoms with Crippen molar-refractivity contribution in [3.05, 3.63) is 52.8 Å². The minimum Gasteiger partial charge on any atom is -0.478 e. The molecule has 0 atom stereocenters. The summed E-state index contributed by atoms with van der Waals surface area (Å²) >= 11 is 1.01. The Bertz CT molecular complexity index is 1620. The molecule has 220 valence electrons. The number of carboxylic acids is 1. The lowest BCUT2D eigenvalue weighted by atomic mass is 9.90. The molecular formula is C28H30F2N8O3S. The number of hydrogen-bond acceptors (Lipinski definition) is 9. The van der Waals surface area contributed by atoms with Gasteiger partial charge in [0.05, 0.1) is 5.57 Å². The summed E-state index contributed by atoms with van der Waals surface area (Å²) in [6.45, 7) is 5.58. The maximum absolute atomic E-state index is 15.8. The Hall–Kier alpha value is -4.43. The lowest BCUT2D eigenvalue weighted by Crippen LogP contribution is -2.28. The number of nitrogens with one attached hydrogen (secondary N) is 3. The van der Waals surface area contributed by atoms with E-state index in [1.165, 1.54) is 17.8 Å². The van der Waals surface area contributed by atoms with E-state index in [1.807, 2.05) is 25.9 Å². The Morgan fingerprint density at radius 3 is 2.60 bits per heavy atom. The summed E-state index contributed by atoms with van der Waals surface area (Å²) in [7, 11) is 3.88. The zero-order valence-electron chi connectivity index (χ0n) is 23.5. The zero-order valence-corrected chi connectivity index (χ0v) is 24.3. The molecule has 14 heteroatoms. The first-order valence-electron chi connectivity index (χ1n) is 13.3. The van der Waals surface area contributed by atoms with Gasteiger partial charge >= 0.3 is 17.9 Å². The minimum atomic E-state index is -3.59. The van der Waals surface area contributed by atoms with Crippen LogP contribution in [0.3, 0.4) is 0 Å². The zero-order chi connectivity index (χ0) is 30.2. The average molecular weight is 597 g/mol. The summed E-state index contributed by atoms with van der Waals surface area (Å²) < 4.78 is 31.5. The van der Waals surface area contributed by atoms with Gasteiger partial charge in [-0.05, 0) is 46.2 Å². The highest BCUT2D eigenvalue weighted by Crippen LogP contribution is 2.47. The number of anilines is 3. The van der Waals surface area contributed by atoms with E-state index in [9.17, 15) is 14.7 Å². The number of aromatic nitrogens is 3. The number of alkyl halides is 2. The van der Waals surface area contributed by atoms with Gasteiger partial charge in [0.1, 0.15) is 28.2 Å².